The Balaban J connectivity index is 1.58. The van der Waals surface area contributed by atoms with E-state index in [2.05, 4.69) is 16.0 Å². The highest BCUT2D eigenvalue weighted by Crippen LogP contribution is 2.23. The third kappa shape index (κ3) is 5.12. The van der Waals surface area contributed by atoms with Crippen LogP contribution in [0.4, 0.5) is 0 Å². The van der Waals surface area contributed by atoms with Gasteiger partial charge in [0.05, 0.1) is 0 Å². The van der Waals surface area contributed by atoms with Crippen LogP contribution in [-0.4, -0.2) is 42.5 Å². The minimum atomic E-state index is -0.827. The third-order valence-electron chi connectivity index (χ3n) is 4.90. The number of amides is 3. The zero-order valence-electron chi connectivity index (χ0n) is 16.7. The number of hydrogen-bond acceptors (Lipinski definition) is 4. The van der Waals surface area contributed by atoms with E-state index in [1.54, 1.807) is 6.92 Å². The van der Waals surface area contributed by atoms with Gasteiger partial charge in [-0.05, 0) is 29.7 Å². The number of carbonyl (C=O) groups excluding carboxylic acids is 3. The highest BCUT2D eigenvalue weighted by Gasteiger charge is 2.50. The second-order valence-electron chi connectivity index (χ2n) is 7.08. The fourth-order valence-electron chi connectivity index (χ4n) is 3.35. The summed E-state index contributed by atoms with van der Waals surface area (Å²) in [6.07, 6.45) is -0.355. The quantitative estimate of drug-likeness (QED) is 0.560. The van der Waals surface area contributed by atoms with Crippen molar-refractivity contribution in [3.05, 3.63) is 48.0 Å². The zero-order chi connectivity index (χ0) is 20.8. The maximum atomic E-state index is 12.7. The van der Waals surface area contributed by atoms with Crippen molar-refractivity contribution in [2.75, 3.05) is 6.54 Å². The molecule has 1 saturated heterocycles. The molecule has 3 amide bonds. The Labute approximate surface area is 170 Å². The molecule has 1 fully saturated rings. The molecule has 2 aromatic carbocycles. The molecule has 0 aromatic heterocycles. The molecule has 0 unspecified atom stereocenters. The fourth-order valence-corrected chi connectivity index (χ4v) is 3.35. The Morgan fingerprint density at radius 2 is 1.69 bits per heavy atom. The van der Waals surface area contributed by atoms with Crippen molar-refractivity contribution in [3.63, 3.8) is 0 Å². The third-order valence-corrected chi connectivity index (χ3v) is 4.90. The van der Waals surface area contributed by atoms with Crippen LogP contribution < -0.4 is 16.0 Å². The summed E-state index contributed by atoms with van der Waals surface area (Å²) in [5, 5.41) is 10.5. The van der Waals surface area contributed by atoms with Gasteiger partial charge in [0.2, 0.25) is 5.91 Å². The van der Waals surface area contributed by atoms with Crippen molar-refractivity contribution >= 4 is 28.5 Å². The topological polar surface area (TPSA) is 99.8 Å². The molecule has 0 aliphatic carbocycles. The van der Waals surface area contributed by atoms with Gasteiger partial charge in [0.15, 0.2) is 12.2 Å². The molecule has 1 aliphatic rings. The minimum Gasteiger partial charge on any atom is -0.354 e. The molecule has 0 radical (unpaired) electrons. The molecule has 7 heteroatoms. The van der Waals surface area contributed by atoms with Crippen LogP contribution in [0.5, 0.6) is 0 Å². The SMILES string of the molecule is CCC[C@H](NC(=O)[C@H]1O[C@@H]1C(=O)NCC)C(=O)NCc1cccc2ccccc12. The average molecular weight is 397 g/mol. The number of hydrogen-bond donors (Lipinski definition) is 3. The summed E-state index contributed by atoms with van der Waals surface area (Å²) in [7, 11) is 0. The van der Waals surface area contributed by atoms with E-state index in [4.69, 9.17) is 4.74 Å². The van der Waals surface area contributed by atoms with Gasteiger partial charge >= 0.3 is 0 Å². The monoisotopic (exact) mass is 397 g/mol. The lowest BCUT2D eigenvalue weighted by molar-refractivity contribution is -0.129. The molecule has 1 aliphatic heterocycles. The summed E-state index contributed by atoms with van der Waals surface area (Å²) < 4.78 is 5.17. The summed E-state index contributed by atoms with van der Waals surface area (Å²) >= 11 is 0. The second kappa shape index (κ2) is 9.52. The Bertz CT molecular complexity index is 893. The molecule has 1 heterocycles. The molecule has 0 spiro atoms. The fraction of sp³-hybridized carbons (Fsp3) is 0.409. The van der Waals surface area contributed by atoms with E-state index in [-0.39, 0.29) is 11.8 Å². The first-order valence-electron chi connectivity index (χ1n) is 10.0. The smallest absolute Gasteiger partial charge is 0.253 e. The summed E-state index contributed by atoms with van der Waals surface area (Å²) in [4.78, 5) is 36.8. The number of rotatable bonds is 9. The lowest BCUT2D eigenvalue weighted by atomic mass is 10.0. The number of likely N-dealkylation sites (N-methyl/N-ethyl adjacent to an activating group) is 1. The van der Waals surface area contributed by atoms with Gasteiger partial charge in [-0.2, -0.15) is 0 Å². The van der Waals surface area contributed by atoms with Crippen LogP contribution in [0.2, 0.25) is 0 Å². The van der Waals surface area contributed by atoms with E-state index < -0.39 is 24.2 Å². The van der Waals surface area contributed by atoms with Crippen molar-refractivity contribution in [1.29, 1.82) is 0 Å². The Kier molecular flexibility index (Phi) is 6.82. The number of fused-ring (bicyclic) bond motifs is 1. The van der Waals surface area contributed by atoms with Crippen molar-refractivity contribution in [3.8, 4) is 0 Å². The Morgan fingerprint density at radius 3 is 2.45 bits per heavy atom. The van der Waals surface area contributed by atoms with Crippen LogP contribution in [-0.2, 0) is 25.7 Å². The second-order valence-corrected chi connectivity index (χ2v) is 7.08. The molecule has 29 heavy (non-hydrogen) atoms. The number of ether oxygens (including phenoxy) is 1. The van der Waals surface area contributed by atoms with E-state index in [0.29, 0.717) is 19.5 Å². The van der Waals surface area contributed by atoms with Crippen LogP contribution in [0.15, 0.2) is 42.5 Å². The molecular weight excluding hydrogens is 370 g/mol. The first-order valence-corrected chi connectivity index (χ1v) is 10.0. The van der Waals surface area contributed by atoms with E-state index in [0.717, 1.165) is 22.8 Å². The van der Waals surface area contributed by atoms with Gasteiger partial charge in [-0.15, -0.1) is 0 Å². The van der Waals surface area contributed by atoms with Crippen LogP contribution in [0.1, 0.15) is 32.3 Å². The van der Waals surface area contributed by atoms with Gasteiger partial charge in [-0.25, -0.2) is 0 Å². The van der Waals surface area contributed by atoms with Gasteiger partial charge < -0.3 is 20.7 Å². The first-order chi connectivity index (χ1) is 14.0. The van der Waals surface area contributed by atoms with Crippen molar-refractivity contribution in [2.45, 2.75) is 51.5 Å². The summed E-state index contributed by atoms with van der Waals surface area (Å²) in [5.41, 5.74) is 1.01. The molecule has 0 saturated carbocycles. The molecule has 3 N–H and O–H groups in total. The first kappa shape index (κ1) is 20.8. The number of nitrogens with one attached hydrogen (secondary N) is 3. The molecule has 2 aromatic rings. The van der Waals surface area contributed by atoms with Gasteiger partial charge in [0.1, 0.15) is 6.04 Å². The van der Waals surface area contributed by atoms with Gasteiger partial charge in [-0.3, -0.25) is 14.4 Å². The van der Waals surface area contributed by atoms with E-state index in [9.17, 15) is 14.4 Å². The number of epoxide rings is 1. The average Bonchev–Trinajstić information content (AvgIpc) is 3.53. The standard InChI is InChI=1S/C22H27N3O4/c1-3-8-17(25-22(28)19-18(29-19)21(27)23-4-2)20(26)24-13-15-11-7-10-14-9-5-6-12-16(14)15/h5-7,9-12,17-19H,3-4,8,13H2,1-2H3,(H,23,27)(H,24,26)(H,25,28)/t17-,18-,19-/m0/s1. The highest BCUT2D eigenvalue weighted by molar-refractivity contribution is 5.97. The molecule has 3 atom stereocenters. The molecular formula is C22H27N3O4. The summed E-state index contributed by atoms with van der Waals surface area (Å²) in [6.45, 7) is 4.59. The maximum absolute atomic E-state index is 12.7. The van der Waals surface area contributed by atoms with Crippen molar-refractivity contribution in [2.24, 2.45) is 0 Å². The van der Waals surface area contributed by atoms with Crippen LogP contribution >= 0.6 is 0 Å². The van der Waals surface area contributed by atoms with Gasteiger partial charge in [-0.1, -0.05) is 55.8 Å². The van der Waals surface area contributed by atoms with E-state index >= 15 is 0 Å². The molecule has 3 rings (SSSR count). The van der Waals surface area contributed by atoms with Crippen molar-refractivity contribution < 1.29 is 19.1 Å². The lowest BCUT2D eigenvalue weighted by Crippen LogP contribution is -2.48. The predicted octanol–water partition coefficient (Wildman–Crippen LogP) is 1.64. The molecule has 154 valence electrons. The molecule has 7 nitrogen and oxygen atoms in total. The Hall–Kier alpha value is -2.93. The van der Waals surface area contributed by atoms with Crippen LogP contribution in [0.25, 0.3) is 10.8 Å². The largest absolute Gasteiger partial charge is 0.354 e. The summed E-state index contributed by atoms with van der Waals surface area (Å²) in [6, 6.07) is 13.3. The van der Waals surface area contributed by atoms with Crippen molar-refractivity contribution in [1.82, 2.24) is 16.0 Å². The minimum absolute atomic E-state index is 0.247. The molecule has 0 bridgehead atoms. The van der Waals surface area contributed by atoms with Gasteiger partial charge in [0.25, 0.3) is 11.8 Å². The Morgan fingerprint density at radius 1 is 0.966 bits per heavy atom. The van der Waals surface area contributed by atoms with Crippen LogP contribution in [0, 0.1) is 0 Å². The maximum Gasteiger partial charge on any atom is 0.253 e. The summed E-state index contributed by atoms with van der Waals surface area (Å²) in [5.74, 6) is -0.983. The zero-order valence-corrected chi connectivity index (χ0v) is 16.7. The number of benzene rings is 2. The normalized spacial score (nSPS) is 18.7. The predicted molar refractivity (Wildman–Crippen MR) is 110 cm³/mol. The van der Waals surface area contributed by atoms with Gasteiger partial charge in [0, 0.05) is 13.1 Å². The van der Waals surface area contributed by atoms with Crippen LogP contribution in [0.3, 0.4) is 0 Å². The lowest BCUT2D eigenvalue weighted by Gasteiger charge is -2.18. The van der Waals surface area contributed by atoms with E-state index in [1.807, 2.05) is 49.4 Å². The number of carbonyl (C=O) groups is 3. The van der Waals surface area contributed by atoms with E-state index in [1.165, 1.54) is 0 Å². The highest BCUT2D eigenvalue weighted by atomic mass is 16.6.